The second-order valence-electron chi connectivity index (χ2n) is 6.91. The van der Waals surface area contributed by atoms with Crippen molar-refractivity contribution in [1.29, 1.82) is 0 Å². The summed E-state index contributed by atoms with van der Waals surface area (Å²) in [6, 6.07) is 14.9. The van der Waals surface area contributed by atoms with Gasteiger partial charge in [0, 0.05) is 17.0 Å². The van der Waals surface area contributed by atoms with E-state index in [0.717, 1.165) is 45.7 Å². The molecule has 5 heteroatoms. The Hall–Kier alpha value is -1.69. The molecule has 2 aromatic rings. The zero-order valence-electron chi connectivity index (χ0n) is 15.0. The maximum absolute atomic E-state index is 12.4. The highest BCUT2D eigenvalue weighted by Gasteiger charge is 2.30. The van der Waals surface area contributed by atoms with Crippen molar-refractivity contribution in [3.8, 4) is 0 Å². The van der Waals surface area contributed by atoms with Crippen molar-refractivity contribution in [1.82, 2.24) is 5.32 Å². The van der Waals surface area contributed by atoms with Gasteiger partial charge in [-0.25, -0.2) is 0 Å². The molecule has 0 bridgehead atoms. The molecule has 1 amide bonds. The SMILES string of the molecule is C[C@@H](C(=O)NCCc1cccs1)[NH+]1CC[NH+](Cc2ccccc2)CC1. The van der Waals surface area contributed by atoms with E-state index in [1.165, 1.54) is 15.3 Å². The van der Waals surface area contributed by atoms with Crippen LogP contribution in [0.3, 0.4) is 0 Å². The lowest BCUT2D eigenvalue weighted by Gasteiger charge is -2.32. The third-order valence-corrected chi connectivity index (χ3v) is 6.09. The fraction of sp³-hybridized carbons (Fsp3) is 0.450. The molecule has 0 spiro atoms. The van der Waals surface area contributed by atoms with Crippen molar-refractivity contribution < 1.29 is 14.6 Å². The lowest BCUT2D eigenvalue weighted by molar-refractivity contribution is -1.02. The number of hydrogen-bond acceptors (Lipinski definition) is 2. The molecule has 1 saturated heterocycles. The van der Waals surface area contributed by atoms with Crippen LogP contribution in [0.5, 0.6) is 0 Å². The monoisotopic (exact) mass is 359 g/mol. The molecule has 0 saturated carbocycles. The first-order valence-electron chi connectivity index (χ1n) is 9.24. The lowest BCUT2D eigenvalue weighted by atomic mass is 10.1. The molecule has 1 aromatic carbocycles. The minimum atomic E-state index is 0.0432. The number of carbonyl (C=O) groups excluding carboxylic acids is 1. The van der Waals surface area contributed by atoms with Crippen molar-refractivity contribution in [3.05, 3.63) is 58.3 Å². The average molecular weight is 360 g/mol. The number of hydrogen-bond donors (Lipinski definition) is 3. The van der Waals surface area contributed by atoms with Crippen molar-refractivity contribution in [2.45, 2.75) is 25.9 Å². The topological polar surface area (TPSA) is 38.0 Å². The fourth-order valence-corrected chi connectivity index (χ4v) is 4.23. The van der Waals surface area contributed by atoms with Crippen LogP contribution in [0.4, 0.5) is 0 Å². The van der Waals surface area contributed by atoms with Gasteiger partial charge in [-0.05, 0) is 24.8 Å². The van der Waals surface area contributed by atoms with E-state index in [4.69, 9.17) is 0 Å². The predicted octanol–water partition coefficient (Wildman–Crippen LogP) is -0.221. The lowest BCUT2D eigenvalue weighted by Crippen LogP contribution is -3.29. The molecule has 1 aliphatic rings. The summed E-state index contributed by atoms with van der Waals surface area (Å²) in [5, 5.41) is 5.19. The first kappa shape index (κ1) is 18.1. The van der Waals surface area contributed by atoms with Crippen LogP contribution in [0.2, 0.25) is 0 Å². The summed E-state index contributed by atoms with van der Waals surface area (Å²) in [7, 11) is 0. The molecule has 4 nitrogen and oxygen atoms in total. The van der Waals surface area contributed by atoms with E-state index in [1.54, 1.807) is 16.2 Å². The second-order valence-corrected chi connectivity index (χ2v) is 7.94. The van der Waals surface area contributed by atoms with E-state index in [-0.39, 0.29) is 11.9 Å². The number of piperazine rings is 1. The van der Waals surface area contributed by atoms with Crippen molar-refractivity contribution >= 4 is 17.2 Å². The van der Waals surface area contributed by atoms with Gasteiger partial charge in [-0.3, -0.25) is 4.79 Å². The zero-order chi connectivity index (χ0) is 17.5. The number of rotatable bonds is 7. The van der Waals surface area contributed by atoms with Gasteiger partial charge in [0.2, 0.25) is 0 Å². The van der Waals surface area contributed by atoms with Gasteiger partial charge in [-0.2, -0.15) is 0 Å². The number of thiophene rings is 1. The molecule has 1 atom stereocenters. The molecule has 0 radical (unpaired) electrons. The van der Waals surface area contributed by atoms with Crippen LogP contribution >= 0.6 is 11.3 Å². The minimum absolute atomic E-state index is 0.0432. The summed E-state index contributed by atoms with van der Waals surface area (Å²) < 4.78 is 0. The van der Waals surface area contributed by atoms with Crippen LogP contribution in [0.1, 0.15) is 17.4 Å². The maximum Gasteiger partial charge on any atom is 0.278 e. The van der Waals surface area contributed by atoms with E-state index in [2.05, 4.69) is 60.1 Å². The molecule has 1 fully saturated rings. The summed E-state index contributed by atoms with van der Waals surface area (Å²) in [6.45, 7) is 8.31. The second kappa shape index (κ2) is 9.13. The number of carbonyl (C=O) groups is 1. The Balaban J connectivity index is 1.38. The van der Waals surface area contributed by atoms with E-state index in [9.17, 15) is 4.79 Å². The standard InChI is InChI=1S/C20H27N3OS/c1-17(20(24)21-10-9-19-8-5-15-25-19)23-13-11-22(12-14-23)16-18-6-3-2-4-7-18/h2-8,15,17H,9-14,16H2,1H3,(H,21,24)/p+2/t17-/m0/s1. The van der Waals surface area contributed by atoms with Crippen LogP contribution < -0.4 is 15.1 Å². The minimum Gasteiger partial charge on any atom is -0.351 e. The van der Waals surface area contributed by atoms with Crippen molar-refractivity contribution in [2.75, 3.05) is 32.7 Å². The zero-order valence-corrected chi connectivity index (χ0v) is 15.8. The van der Waals surface area contributed by atoms with Gasteiger partial charge in [-0.15, -0.1) is 11.3 Å². The quantitative estimate of drug-likeness (QED) is 0.628. The van der Waals surface area contributed by atoms with Crippen LogP contribution in [-0.2, 0) is 17.8 Å². The average Bonchev–Trinajstić information content (AvgIpc) is 3.16. The summed E-state index contributed by atoms with van der Waals surface area (Å²) in [4.78, 5) is 16.8. The number of amides is 1. The molecular formula is C20H29N3OS+2. The Labute approximate surface area is 154 Å². The third-order valence-electron chi connectivity index (χ3n) is 5.15. The molecule has 3 N–H and O–H groups in total. The molecule has 3 rings (SSSR count). The fourth-order valence-electron chi connectivity index (χ4n) is 3.52. The Morgan fingerprint density at radius 3 is 2.56 bits per heavy atom. The highest BCUT2D eigenvalue weighted by Crippen LogP contribution is 2.07. The van der Waals surface area contributed by atoms with Crippen LogP contribution in [0.25, 0.3) is 0 Å². The highest BCUT2D eigenvalue weighted by molar-refractivity contribution is 7.09. The molecule has 1 aliphatic heterocycles. The Bertz CT molecular complexity index is 636. The van der Waals surface area contributed by atoms with Gasteiger partial charge in [0.1, 0.15) is 32.7 Å². The van der Waals surface area contributed by atoms with Gasteiger partial charge >= 0.3 is 0 Å². The molecule has 0 aliphatic carbocycles. The molecule has 2 heterocycles. The predicted molar refractivity (Wildman–Crippen MR) is 102 cm³/mol. The third kappa shape index (κ3) is 5.39. The van der Waals surface area contributed by atoms with Gasteiger partial charge in [0.15, 0.2) is 6.04 Å². The summed E-state index contributed by atoms with van der Waals surface area (Å²) in [5.41, 5.74) is 1.40. The largest absolute Gasteiger partial charge is 0.351 e. The van der Waals surface area contributed by atoms with E-state index in [1.807, 2.05) is 0 Å². The van der Waals surface area contributed by atoms with E-state index in [0.29, 0.717) is 0 Å². The molecule has 1 aromatic heterocycles. The van der Waals surface area contributed by atoms with Gasteiger partial charge in [0.05, 0.1) is 0 Å². The Kier molecular flexibility index (Phi) is 6.62. The van der Waals surface area contributed by atoms with E-state index >= 15 is 0 Å². The smallest absolute Gasteiger partial charge is 0.278 e. The molecular weight excluding hydrogens is 330 g/mol. The van der Waals surface area contributed by atoms with Crippen LogP contribution in [0, 0.1) is 0 Å². The molecule has 25 heavy (non-hydrogen) atoms. The normalized spacial score (nSPS) is 21.6. The Morgan fingerprint density at radius 2 is 1.88 bits per heavy atom. The number of nitrogens with one attached hydrogen (secondary N) is 3. The summed E-state index contributed by atoms with van der Waals surface area (Å²) in [6.07, 6.45) is 0.931. The Morgan fingerprint density at radius 1 is 1.12 bits per heavy atom. The van der Waals surface area contributed by atoms with Crippen molar-refractivity contribution in [2.24, 2.45) is 0 Å². The van der Waals surface area contributed by atoms with Crippen molar-refractivity contribution in [3.63, 3.8) is 0 Å². The van der Waals surface area contributed by atoms with Crippen LogP contribution in [-0.4, -0.2) is 44.7 Å². The maximum atomic E-state index is 12.4. The highest BCUT2D eigenvalue weighted by atomic mass is 32.1. The van der Waals surface area contributed by atoms with Crippen LogP contribution in [0.15, 0.2) is 47.8 Å². The molecule has 0 unspecified atom stereocenters. The van der Waals surface area contributed by atoms with Gasteiger partial charge < -0.3 is 15.1 Å². The van der Waals surface area contributed by atoms with Gasteiger partial charge in [0.25, 0.3) is 5.91 Å². The summed E-state index contributed by atoms with van der Waals surface area (Å²) >= 11 is 1.75. The van der Waals surface area contributed by atoms with Gasteiger partial charge in [-0.1, -0.05) is 36.4 Å². The first-order valence-corrected chi connectivity index (χ1v) is 10.1. The summed E-state index contributed by atoms with van der Waals surface area (Å²) in [5.74, 6) is 0.193. The number of benzene rings is 1. The first-order chi connectivity index (χ1) is 12.2. The number of quaternary nitrogens is 2. The molecule has 134 valence electrons. The van der Waals surface area contributed by atoms with E-state index < -0.39 is 0 Å².